The van der Waals surface area contributed by atoms with E-state index in [9.17, 15) is 0 Å². The van der Waals surface area contributed by atoms with Gasteiger partial charge in [0.05, 0.1) is 5.51 Å². The second kappa shape index (κ2) is 3.70. The highest BCUT2D eigenvalue weighted by atomic mass is 79.9. The number of halogens is 1. The molecule has 0 aliphatic heterocycles. The summed E-state index contributed by atoms with van der Waals surface area (Å²) in [6.45, 7) is 2.28. The van der Waals surface area contributed by atoms with E-state index in [4.69, 9.17) is 0 Å². The van der Waals surface area contributed by atoms with Gasteiger partial charge in [0, 0.05) is 15.4 Å². The van der Waals surface area contributed by atoms with Gasteiger partial charge in [0.15, 0.2) is 0 Å². The van der Waals surface area contributed by atoms with Gasteiger partial charge in [0.25, 0.3) is 0 Å². The lowest BCUT2D eigenvalue weighted by Gasteiger charge is -2.19. The molecule has 2 rings (SSSR count). The quantitative estimate of drug-likeness (QED) is 0.753. The van der Waals surface area contributed by atoms with E-state index in [-0.39, 0.29) is 0 Å². The van der Waals surface area contributed by atoms with Crippen molar-refractivity contribution in [2.24, 2.45) is 5.92 Å². The smallest absolute Gasteiger partial charge is 0.0794 e. The number of thiazole rings is 1. The number of alkyl halides is 1. The van der Waals surface area contributed by atoms with Gasteiger partial charge in [-0.25, -0.2) is 0 Å². The molecular formula is C10H14BrNS. The summed E-state index contributed by atoms with van der Waals surface area (Å²) in [5.41, 5.74) is 1.93. The van der Waals surface area contributed by atoms with Crippen molar-refractivity contribution in [2.75, 3.05) is 0 Å². The Morgan fingerprint density at radius 1 is 1.69 bits per heavy atom. The van der Waals surface area contributed by atoms with Crippen LogP contribution in [0, 0.1) is 5.92 Å². The molecule has 1 atom stereocenters. The molecule has 0 aromatic carbocycles. The van der Waals surface area contributed by atoms with E-state index in [0.29, 0.717) is 4.32 Å². The molecule has 1 aliphatic carbocycles. The Morgan fingerprint density at radius 2 is 2.46 bits per heavy atom. The molecule has 3 heteroatoms. The van der Waals surface area contributed by atoms with Crippen LogP contribution in [0.1, 0.15) is 31.1 Å². The van der Waals surface area contributed by atoms with Gasteiger partial charge < -0.3 is 0 Å². The summed E-state index contributed by atoms with van der Waals surface area (Å²) in [4.78, 5) is 5.54. The number of hydrogen-bond acceptors (Lipinski definition) is 2. The minimum absolute atomic E-state index is 0.478. The third kappa shape index (κ3) is 2.13. The highest BCUT2D eigenvalue weighted by Crippen LogP contribution is 2.52. The van der Waals surface area contributed by atoms with Gasteiger partial charge in [-0.3, -0.25) is 4.98 Å². The predicted molar refractivity (Wildman–Crippen MR) is 60.5 cm³/mol. The molecule has 0 spiro atoms. The Labute approximate surface area is 91.7 Å². The molecule has 0 amide bonds. The number of hydrogen-bond donors (Lipinski definition) is 0. The van der Waals surface area contributed by atoms with E-state index in [1.807, 2.05) is 11.7 Å². The predicted octanol–water partition coefficient (Wildman–Crippen LogP) is 3.64. The van der Waals surface area contributed by atoms with Crippen LogP contribution in [0.5, 0.6) is 0 Å². The standard InChI is InChI=1S/C10H14BrNS/c1-2-8(10(11)3-4-10)5-9-6-12-7-13-9/h6-8H,2-5H2,1H3. The molecule has 13 heavy (non-hydrogen) atoms. The lowest BCUT2D eigenvalue weighted by atomic mass is 9.96. The zero-order valence-corrected chi connectivity index (χ0v) is 10.2. The Bertz CT molecular complexity index is 266. The maximum absolute atomic E-state index is 4.12. The van der Waals surface area contributed by atoms with E-state index in [1.54, 1.807) is 11.3 Å². The highest BCUT2D eigenvalue weighted by Gasteiger charge is 2.45. The molecule has 1 unspecified atom stereocenters. The molecule has 0 saturated heterocycles. The number of rotatable bonds is 4. The van der Waals surface area contributed by atoms with E-state index >= 15 is 0 Å². The Kier molecular flexibility index (Phi) is 2.75. The van der Waals surface area contributed by atoms with Gasteiger partial charge in [0.2, 0.25) is 0 Å². The van der Waals surface area contributed by atoms with Crippen molar-refractivity contribution in [2.45, 2.75) is 36.9 Å². The van der Waals surface area contributed by atoms with Crippen molar-refractivity contribution in [1.29, 1.82) is 0 Å². The molecule has 0 N–H and O–H groups in total. The van der Waals surface area contributed by atoms with Crippen LogP contribution in [-0.4, -0.2) is 9.31 Å². The maximum Gasteiger partial charge on any atom is 0.0794 e. The molecule has 1 aliphatic rings. The van der Waals surface area contributed by atoms with Crippen molar-refractivity contribution in [3.8, 4) is 0 Å². The molecular weight excluding hydrogens is 246 g/mol. The van der Waals surface area contributed by atoms with E-state index in [0.717, 1.165) is 5.92 Å². The van der Waals surface area contributed by atoms with Crippen molar-refractivity contribution >= 4 is 27.3 Å². The van der Waals surface area contributed by atoms with E-state index in [2.05, 4.69) is 27.8 Å². The zero-order valence-electron chi connectivity index (χ0n) is 7.79. The Morgan fingerprint density at radius 3 is 2.92 bits per heavy atom. The van der Waals surface area contributed by atoms with Crippen LogP contribution in [0.4, 0.5) is 0 Å². The summed E-state index contributed by atoms with van der Waals surface area (Å²) < 4.78 is 0.478. The van der Waals surface area contributed by atoms with Crippen LogP contribution in [0.25, 0.3) is 0 Å². The van der Waals surface area contributed by atoms with Crippen LogP contribution in [0.2, 0.25) is 0 Å². The van der Waals surface area contributed by atoms with Crippen LogP contribution in [0.3, 0.4) is 0 Å². The topological polar surface area (TPSA) is 12.9 Å². The largest absolute Gasteiger partial charge is 0.253 e. The first-order valence-electron chi connectivity index (χ1n) is 4.81. The minimum atomic E-state index is 0.478. The average Bonchev–Trinajstić information content (AvgIpc) is 2.70. The molecule has 1 heterocycles. The second-order valence-corrected chi connectivity index (χ2v) is 6.36. The van der Waals surface area contributed by atoms with Crippen LogP contribution < -0.4 is 0 Å². The van der Waals surface area contributed by atoms with E-state index < -0.39 is 0 Å². The molecule has 0 bridgehead atoms. The zero-order chi connectivity index (χ0) is 9.31. The lowest BCUT2D eigenvalue weighted by Crippen LogP contribution is -2.16. The normalized spacial score (nSPS) is 21.4. The van der Waals surface area contributed by atoms with Gasteiger partial charge in [-0.2, -0.15) is 0 Å². The van der Waals surface area contributed by atoms with Crippen LogP contribution >= 0.6 is 27.3 Å². The number of aromatic nitrogens is 1. The van der Waals surface area contributed by atoms with Crippen molar-refractivity contribution in [3.05, 3.63) is 16.6 Å². The molecule has 1 aromatic heterocycles. The molecule has 1 saturated carbocycles. The van der Waals surface area contributed by atoms with Gasteiger partial charge >= 0.3 is 0 Å². The van der Waals surface area contributed by atoms with E-state index in [1.165, 1.54) is 30.6 Å². The molecule has 1 fully saturated rings. The van der Waals surface area contributed by atoms with Crippen molar-refractivity contribution in [3.63, 3.8) is 0 Å². The third-order valence-electron chi connectivity index (χ3n) is 2.88. The molecule has 1 aromatic rings. The summed E-state index contributed by atoms with van der Waals surface area (Å²) in [7, 11) is 0. The van der Waals surface area contributed by atoms with Gasteiger partial charge in [-0.05, 0) is 25.2 Å². The fourth-order valence-electron chi connectivity index (χ4n) is 1.81. The maximum atomic E-state index is 4.12. The summed E-state index contributed by atoms with van der Waals surface area (Å²) in [6, 6.07) is 0. The molecule has 0 radical (unpaired) electrons. The van der Waals surface area contributed by atoms with Gasteiger partial charge in [0.1, 0.15) is 0 Å². The molecule has 1 nitrogen and oxygen atoms in total. The molecule has 72 valence electrons. The van der Waals surface area contributed by atoms with Crippen molar-refractivity contribution < 1.29 is 0 Å². The Hall–Kier alpha value is 0.110. The fraction of sp³-hybridized carbons (Fsp3) is 0.700. The minimum Gasteiger partial charge on any atom is -0.253 e. The van der Waals surface area contributed by atoms with Crippen LogP contribution in [0.15, 0.2) is 11.7 Å². The second-order valence-electron chi connectivity index (χ2n) is 3.81. The van der Waals surface area contributed by atoms with Gasteiger partial charge in [-0.15, -0.1) is 11.3 Å². The SMILES string of the molecule is CCC(Cc1cncs1)C1(Br)CC1. The fourth-order valence-corrected chi connectivity index (χ4v) is 3.17. The van der Waals surface area contributed by atoms with Gasteiger partial charge in [-0.1, -0.05) is 29.3 Å². The Balaban J connectivity index is 1.99. The third-order valence-corrected chi connectivity index (χ3v) is 5.13. The average molecular weight is 260 g/mol. The first-order valence-corrected chi connectivity index (χ1v) is 6.48. The number of nitrogens with zero attached hydrogens (tertiary/aromatic N) is 1. The monoisotopic (exact) mass is 259 g/mol. The highest BCUT2D eigenvalue weighted by molar-refractivity contribution is 9.10. The first-order chi connectivity index (χ1) is 6.24. The van der Waals surface area contributed by atoms with Crippen LogP contribution in [-0.2, 0) is 6.42 Å². The van der Waals surface area contributed by atoms with Crippen molar-refractivity contribution in [1.82, 2.24) is 4.98 Å². The lowest BCUT2D eigenvalue weighted by molar-refractivity contribution is 0.483. The summed E-state index contributed by atoms with van der Waals surface area (Å²) in [5, 5.41) is 0. The summed E-state index contributed by atoms with van der Waals surface area (Å²) in [6.07, 6.45) is 7.18. The first kappa shape index (κ1) is 9.66. The summed E-state index contributed by atoms with van der Waals surface area (Å²) >= 11 is 5.62. The summed E-state index contributed by atoms with van der Waals surface area (Å²) in [5.74, 6) is 0.799.